The monoisotopic (exact) mass is 440 g/mol. The van der Waals surface area contributed by atoms with Gasteiger partial charge in [-0.05, 0) is 47.9 Å². The molecule has 4 heterocycles. The number of rotatable bonds is 7. The van der Waals surface area contributed by atoms with Gasteiger partial charge in [-0.1, -0.05) is 6.07 Å². The van der Waals surface area contributed by atoms with E-state index in [1.807, 2.05) is 36.5 Å². The first-order valence-electron chi connectivity index (χ1n) is 10.7. The van der Waals surface area contributed by atoms with Gasteiger partial charge in [-0.15, -0.1) is 0 Å². The smallest absolute Gasteiger partial charge is 0.223 e. The molecule has 166 valence electrons. The molecule has 1 aromatic carbocycles. The number of anilines is 3. The Balaban J connectivity index is 1.41. The number of methoxy groups -OCH3 is 2. The SMILES string of the molecule is COCc1cc(CCNc2ncc3c(n2)-c2cccnc2Nc2cnccc2-3)cc(OC)c1. The summed E-state index contributed by atoms with van der Waals surface area (Å²) in [6.07, 6.45) is 7.98. The predicted molar refractivity (Wildman–Crippen MR) is 128 cm³/mol. The minimum absolute atomic E-state index is 0.546. The van der Waals surface area contributed by atoms with Crippen LogP contribution < -0.4 is 15.4 Å². The molecule has 0 saturated heterocycles. The maximum Gasteiger partial charge on any atom is 0.223 e. The molecule has 0 spiro atoms. The van der Waals surface area contributed by atoms with E-state index in [2.05, 4.69) is 31.7 Å². The van der Waals surface area contributed by atoms with Crippen LogP contribution in [0.4, 0.5) is 17.5 Å². The Morgan fingerprint density at radius 3 is 2.73 bits per heavy atom. The Hall–Kier alpha value is -4.04. The lowest BCUT2D eigenvalue weighted by Crippen LogP contribution is -2.09. The summed E-state index contributed by atoms with van der Waals surface area (Å²) < 4.78 is 10.7. The highest BCUT2D eigenvalue weighted by Gasteiger charge is 2.21. The average molecular weight is 441 g/mol. The molecule has 1 aliphatic rings. The van der Waals surface area contributed by atoms with E-state index in [4.69, 9.17) is 14.5 Å². The van der Waals surface area contributed by atoms with Crippen LogP contribution in [-0.2, 0) is 17.8 Å². The molecule has 33 heavy (non-hydrogen) atoms. The lowest BCUT2D eigenvalue weighted by atomic mass is 10.0. The summed E-state index contributed by atoms with van der Waals surface area (Å²) >= 11 is 0. The second-order valence-electron chi connectivity index (χ2n) is 7.70. The molecule has 2 N–H and O–H groups in total. The van der Waals surface area contributed by atoms with Crippen molar-refractivity contribution in [2.24, 2.45) is 0 Å². The Morgan fingerprint density at radius 1 is 0.939 bits per heavy atom. The van der Waals surface area contributed by atoms with Crippen molar-refractivity contribution in [3.8, 4) is 28.1 Å². The number of hydrogen-bond donors (Lipinski definition) is 2. The van der Waals surface area contributed by atoms with Gasteiger partial charge in [0.25, 0.3) is 0 Å². The average Bonchev–Trinajstić information content (AvgIpc) is 2.98. The zero-order valence-electron chi connectivity index (χ0n) is 18.5. The Morgan fingerprint density at radius 2 is 1.85 bits per heavy atom. The third-order valence-corrected chi connectivity index (χ3v) is 5.49. The topological polar surface area (TPSA) is 94.1 Å². The number of pyridine rings is 2. The molecule has 0 saturated carbocycles. The summed E-state index contributed by atoms with van der Waals surface area (Å²) in [5, 5.41) is 6.74. The summed E-state index contributed by atoms with van der Waals surface area (Å²) in [5.41, 5.74) is 6.80. The van der Waals surface area contributed by atoms with Crippen LogP contribution >= 0.6 is 0 Å². The zero-order valence-corrected chi connectivity index (χ0v) is 18.5. The van der Waals surface area contributed by atoms with Gasteiger partial charge in [0.2, 0.25) is 5.95 Å². The fourth-order valence-corrected chi connectivity index (χ4v) is 3.98. The maximum atomic E-state index is 5.43. The fraction of sp³-hybridized carbons (Fsp3) is 0.200. The highest BCUT2D eigenvalue weighted by molar-refractivity contribution is 5.95. The van der Waals surface area contributed by atoms with Crippen LogP contribution in [0.2, 0.25) is 0 Å². The summed E-state index contributed by atoms with van der Waals surface area (Å²) in [6, 6.07) is 12.0. The van der Waals surface area contributed by atoms with E-state index >= 15 is 0 Å². The van der Waals surface area contributed by atoms with Crippen LogP contribution in [0.15, 0.2) is 61.2 Å². The molecule has 0 radical (unpaired) electrons. The van der Waals surface area contributed by atoms with Gasteiger partial charge in [-0.3, -0.25) is 4.98 Å². The normalized spacial score (nSPS) is 11.5. The lowest BCUT2D eigenvalue weighted by molar-refractivity contribution is 0.184. The van der Waals surface area contributed by atoms with E-state index in [0.717, 1.165) is 57.2 Å². The van der Waals surface area contributed by atoms with E-state index in [9.17, 15) is 0 Å². The van der Waals surface area contributed by atoms with Gasteiger partial charge >= 0.3 is 0 Å². The zero-order chi connectivity index (χ0) is 22.6. The van der Waals surface area contributed by atoms with Gasteiger partial charge < -0.3 is 20.1 Å². The third-order valence-electron chi connectivity index (χ3n) is 5.49. The minimum Gasteiger partial charge on any atom is -0.497 e. The van der Waals surface area contributed by atoms with E-state index in [1.165, 1.54) is 0 Å². The van der Waals surface area contributed by atoms with Crippen molar-refractivity contribution in [2.45, 2.75) is 13.0 Å². The summed E-state index contributed by atoms with van der Waals surface area (Å²) in [5.74, 6) is 2.14. The molecular formula is C25H24N6O2. The number of hydrogen-bond acceptors (Lipinski definition) is 8. The van der Waals surface area contributed by atoms with Crippen molar-refractivity contribution in [3.05, 3.63) is 72.3 Å². The summed E-state index contributed by atoms with van der Waals surface area (Å²) in [6.45, 7) is 1.22. The fourth-order valence-electron chi connectivity index (χ4n) is 3.98. The van der Waals surface area contributed by atoms with Crippen molar-refractivity contribution in [1.82, 2.24) is 19.9 Å². The quantitative estimate of drug-likeness (QED) is 0.383. The van der Waals surface area contributed by atoms with Crippen molar-refractivity contribution < 1.29 is 9.47 Å². The molecule has 0 fully saturated rings. The first-order chi connectivity index (χ1) is 16.2. The number of ether oxygens (including phenoxy) is 2. The highest BCUT2D eigenvalue weighted by Crippen LogP contribution is 2.41. The molecule has 0 bridgehead atoms. The van der Waals surface area contributed by atoms with Crippen molar-refractivity contribution >= 4 is 17.5 Å². The lowest BCUT2D eigenvalue weighted by Gasteiger charge is -2.12. The van der Waals surface area contributed by atoms with Gasteiger partial charge in [0.15, 0.2) is 0 Å². The Bertz CT molecular complexity index is 1290. The molecule has 0 unspecified atom stereocenters. The van der Waals surface area contributed by atoms with Gasteiger partial charge in [0.1, 0.15) is 11.6 Å². The number of benzene rings is 1. The molecule has 3 aromatic heterocycles. The van der Waals surface area contributed by atoms with Crippen LogP contribution in [0.1, 0.15) is 11.1 Å². The number of fused-ring (bicyclic) bond motifs is 5. The summed E-state index contributed by atoms with van der Waals surface area (Å²) in [4.78, 5) is 18.2. The van der Waals surface area contributed by atoms with Crippen LogP contribution in [0.3, 0.4) is 0 Å². The van der Waals surface area contributed by atoms with Crippen molar-refractivity contribution in [3.63, 3.8) is 0 Å². The number of nitrogens with zero attached hydrogens (tertiary/aromatic N) is 4. The second-order valence-corrected chi connectivity index (χ2v) is 7.70. The van der Waals surface area contributed by atoms with Crippen molar-refractivity contribution in [1.29, 1.82) is 0 Å². The molecule has 4 aromatic rings. The molecule has 1 aliphatic heterocycles. The summed E-state index contributed by atoms with van der Waals surface area (Å²) in [7, 11) is 3.36. The van der Waals surface area contributed by atoms with Gasteiger partial charge in [-0.25, -0.2) is 15.0 Å². The van der Waals surface area contributed by atoms with Crippen LogP contribution in [-0.4, -0.2) is 40.7 Å². The Labute approximate surface area is 192 Å². The first-order valence-corrected chi connectivity index (χ1v) is 10.7. The van der Waals surface area contributed by atoms with E-state index < -0.39 is 0 Å². The second kappa shape index (κ2) is 9.22. The molecule has 0 atom stereocenters. The Kier molecular flexibility index (Phi) is 5.82. The van der Waals surface area contributed by atoms with E-state index in [1.54, 1.807) is 32.8 Å². The van der Waals surface area contributed by atoms with Gasteiger partial charge in [0, 0.05) is 48.9 Å². The minimum atomic E-state index is 0.546. The first kappa shape index (κ1) is 20.8. The number of nitrogens with one attached hydrogen (secondary N) is 2. The largest absolute Gasteiger partial charge is 0.497 e. The van der Waals surface area contributed by atoms with Crippen LogP contribution in [0.5, 0.6) is 5.75 Å². The molecular weight excluding hydrogens is 416 g/mol. The maximum absolute atomic E-state index is 5.43. The molecule has 0 amide bonds. The van der Waals surface area contributed by atoms with Crippen molar-refractivity contribution in [2.75, 3.05) is 31.4 Å². The molecule has 8 heteroatoms. The van der Waals surface area contributed by atoms with E-state index in [0.29, 0.717) is 19.1 Å². The van der Waals surface area contributed by atoms with Gasteiger partial charge in [-0.2, -0.15) is 0 Å². The standard InChI is InChI=1S/C25H24N6O2/c1-32-15-17-10-16(11-18(12-17)33-2)5-9-28-25-29-13-21-19-6-8-26-14-22(19)30-24-20(23(21)31-25)4-3-7-27-24/h3-4,6-8,10-14H,5,9,15H2,1-2H3,(H,27,30)(H,28,29,31). The molecule has 8 nitrogen and oxygen atoms in total. The number of aromatic nitrogens is 4. The van der Waals surface area contributed by atoms with Gasteiger partial charge in [0.05, 0.1) is 31.3 Å². The molecule has 0 aliphatic carbocycles. The highest BCUT2D eigenvalue weighted by atomic mass is 16.5. The third kappa shape index (κ3) is 4.33. The van der Waals surface area contributed by atoms with Crippen LogP contribution in [0.25, 0.3) is 22.4 Å². The van der Waals surface area contributed by atoms with E-state index in [-0.39, 0.29) is 0 Å². The predicted octanol–water partition coefficient (Wildman–Crippen LogP) is 4.47. The van der Waals surface area contributed by atoms with Crippen LogP contribution in [0, 0.1) is 0 Å². The molecule has 5 rings (SSSR count).